The van der Waals surface area contributed by atoms with E-state index in [9.17, 15) is 9.46 Å². The molecule has 1 N–H and O–H groups in total. The van der Waals surface area contributed by atoms with E-state index in [-0.39, 0.29) is 0 Å². The van der Waals surface area contributed by atoms with Crippen molar-refractivity contribution in [3.05, 3.63) is 0 Å². The van der Waals surface area contributed by atoms with Gasteiger partial charge in [0.1, 0.15) is 0 Å². The zero-order valence-electron chi connectivity index (χ0n) is 8.69. The van der Waals surface area contributed by atoms with Crippen LogP contribution in [-0.4, -0.2) is 29.3 Å². The molecule has 0 spiro atoms. The Morgan fingerprint density at radius 2 is 1.85 bits per heavy atom. The third-order valence-corrected chi connectivity index (χ3v) is 3.64. The molecule has 0 heterocycles. The molecular formula is C8H20NO3P. The molecule has 0 saturated carbocycles. The minimum atomic E-state index is -3.50. The maximum atomic E-state index is 11.5. The summed E-state index contributed by atoms with van der Waals surface area (Å²) < 4.78 is 17.9. The first-order chi connectivity index (χ1) is 6.08. The maximum absolute atomic E-state index is 11.5. The first-order valence-corrected chi connectivity index (χ1v) is 6.34. The van der Waals surface area contributed by atoms with Gasteiger partial charge < -0.3 is 4.89 Å². The van der Waals surface area contributed by atoms with Crippen LogP contribution < -0.4 is 0 Å². The van der Waals surface area contributed by atoms with Gasteiger partial charge in [-0.3, -0.25) is 4.52 Å². The van der Waals surface area contributed by atoms with Crippen molar-refractivity contribution in [2.24, 2.45) is 0 Å². The van der Waals surface area contributed by atoms with Gasteiger partial charge in [-0.1, -0.05) is 27.2 Å². The zero-order chi connectivity index (χ0) is 10.3. The minimum absolute atomic E-state index is 0.362. The van der Waals surface area contributed by atoms with Gasteiger partial charge in [-0.05, 0) is 6.42 Å². The van der Waals surface area contributed by atoms with Gasteiger partial charge in [0.25, 0.3) is 0 Å². The van der Waals surface area contributed by atoms with Gasteiger partial charge in [-0.2, -0.15) is 0 Å². The molecule has 0 bridgehead atoms. The number of nitrogens with zero attached hydrogens (tertiary/aromatic N) is 1. The van der Waals surface area contributed by atoms with Crippen molar-refractivity contribution in [2.45, 2.75) is 33.6 Å². The topological polar surface area (TPSA) is 49.8 Å². The molecule has 13 heavy (non-hydrogen) atoms. The van der Waals surface area contributed by atoms with Crippen LogP contribution in [0.3, 0.4) is 0 Å². The maximum Gasteiger partial charge on any atom is 0.405 e. The molecule has 1 atom stereocenters. The molecule has 0 rings (SSSR count). The standard InChI is InChI=1S/C8H20NO3P/c1-4-7-8-12-13(10,11)9(5-2)6-3/h4-8H2,1-3H3,(H,10,11). The molecule has 0 saturated heterocycles. The lowest BCUT2D eigenvalue weighted by atomic mass is 10.4. The van der Waals surface area contributed by atoms with Crippen LogP contribution in [0.15, 0.2) is 0 Å². The predicted molar refractivity (Wildman–Crippen MR) is 53.6 cm³/mol. The quantitative estimate of drug-likeness (QED) is 0.516. The molecule has 80 valence electrons. The fraction of sp³-hybridized carbons (Fsp3) is 1.00. The van der Waals surface area contributed by atoms with E-state index in [4.69, 9.17) is 4.52 Å². The van der Waals surface area contributed by atoms with Gasteiger partial charge in [0.15, 0.2) is 0 Å². The minimum Gasteiger partial charge on any atom is -0.312 e. The molecule has 0 aromatic carbocycles. The van der Waals surface area contributed by atoms with E-state index in [1.54, 1.807) is 0 Å². The molecule has 5 heteroatoms. The van der Waals surface area contributed by atoms with E-state index >= 15 is 0 Å². The van der Waals surface area contributed by atoms with Crippen LogP contribution in [0.2, 0.25) is 0 Å². The Labute approximate surface area is 80.5 Å². The molecule has 4 nitrogen and oxygen atoms in total. The fourth-order valence-electron chi connectivity index (χ4n) is 0.990. The average molecular weight is 209 g/mol. The van der Waals surface area contributed by atoms with Crippen molar-refractivity contribution in [1.29, 1.82) is 0 Å². The Kier molecular flexibility index (Phi) is 6.60. The van der Waals surface area contributed by atoms with Crippen LogP contribution in [0.4, 0.5) is 0 Å². The molecule has 0 aliphatic carbocycles. The van der Waals surface area contributed by atoms with Gasteiger partial charge in [0.05, 0.1) is 6.61 Å². The average Bonchev–Trinajstić information content (AvgIpc) is 2.06. The van der Waals surface area contributed by atoms with Crippen molar-refractivity contribution in [2.75, 3.05) is 19.7 Å². The van der Waals surface area contributed by atoms with Gasteiger partial charge >= 0.3 is 7.75 Å². The normalized spacial score (nSPS) is 16.1. The smallest absolute Gasteiger partial charge is 0.312 e. The number of hydrogen-bond donors (Lipinski definition) is 1. The summed E-state index contributed by atoms with van der Waals surface area (Å²) in [6.07, 6.45) is 1.80. The largest absolute Gasteiger partial charge is 0.405 e. The summed E-state index contributed by atoms with van der Waals surface area (Å²) in [6.45, 7) is 7.14. The Morgan fingerprint density at radius 1 is 1.31 bits per heavy atom. The van der Waals surface area contributed by atoms with Gasteiger partial charge in [0, 0.05) is 13.1 Å². The first kappa shape index (κ1) is 13.1. The molecule has 0 amide bonds. The van der Waals surface area contributed by atoms with E-state index in [0.717, 1.165) is 12.8 Å². The highest BCUT2D eigenvalue weighted by molar-refractivity contribution is 7.50. The fourth-order valence-corrected chi connectivity index (χ4v) is 2.24. The van der Waals surface area contributed by atoms with E-state index < -0.39 is 7.75 Å². The third-order valence-electron chi connectivity index (χ3n) is 1.84. The molecule has 0 radical (unpaired) electrons. The summed E-state index contributed by atoms with van der Waals surface area (Å²) in [7, 11) is -3.50. The summed E-state index contributed by atoms with van der Waals surface area (Å²) in [5.74, 6) is 0. The summed E-state index contributed by atoms with van der Waals surface area (Å²) in [6, 6.07) is 0. The third kappa shape index (κ3) is 4.77. The van der Waals surface area contributed by atoms with Crippen LogP contribution >= 0.6 is 7.75 Å². The molecule has 1 unspecified atom stereocenters. The van der Waals surface area contributed by atoms with E-state index in [2.05, 4.69) is 0 Å². The number of unbranched alkanes of at least 4 members (excludes halogenated alkanes) is 1. The van der Waals surface area contributed by atoms with Gasteiger partial charge in [0.2, 0.25) is 0 Å². The highest BCUT2D eigenvalue weighted by Gasteiger charge is 2.26. The molecule has 0 aromatic rings. The zero-order valence-corrected chi connectivity index (χ0v) is 9.59. The monoisotopic (exact) mass is 209 g/mol. The van der Waals surface area contributed by atoms with Crippen LogP contribution in [-0.2, 0) is 9.09 Å². The van der Waals surface area contributed by atoms with Crippen LogP contribution in [0.5, 0.6) is 0 Å². The van der Waals surface area contributed by atoms with E-state index in [1.807, 2.05) is 20.8 Å². The van der Waals surface area contributed by atoms with Crippen molar-refractivity contribution in [3.8, 4) is 0 Å². The Bertz CT molecular complexity index is 171. The van der Waals surface area contributed by atoms with Crippen LogP contribution in [0, 0.1) is 0 Å². The van der Waals surface area contributed by atoms with Gasteiger partial charge in [-0.15, -0.1) is 0 Å². The molecule has 0 fully saturated rings. The molecular weight excluding hydrogens is 189 g/mol. The highest BCUT2D eigenvalue weighted by Crippen LogP contribution is 2.45. The summed E-state index contributed by atoms with van der Waals surface area (Å²) in [5, 5.41) is 0. The lowest BCUT2D eigenvalue weighted by Crippen LogP contribution is -2.20. The summed E-state index contributed by atoms with van der Waals surface area (Å²) in [4.78, 5) is 9.46. The first-order valence-electron chi connectivity index (χ1n) is 4.81. The second-order valence-corrected chi connectivity index (χ2v) is 4.62. The number of rotatable bonds is 7. The number of hydrogen-bond acceptors (Lipinski definition) is 2. The van der Waals surface area contributed by atoms with Crippen molar-refractivity contribution < 1.29 is 14.0 Å². The SMILES string of the molecule is CCCCOP(=O)(O)N(CC)CC. The molecule has 0 aromatic heterocycles. The van der Waals surface area contributed by atoms with E-state index in [0.29, 0.717) is 19.7 Å². The van der Waals surface area contributed by atoms with Crippen molar-refractivity contribution >= 4 is 7.75 Å². The van der Waals surface area contributed by atoms with Crippen LogP contribution in [0.25, 0.3) is 0 Å². The Balaban J connectivity index is 3.97. The van der Waals surface area contributed by atoms with Crippen LogP contribution in [0.1, 0.15) is 33.6 Å². The molecule has 0 aliphatic heterocycles. The highest BCUT2D eigenvalue weighted by atomic mass is 31.2. The Morgan fingerprint density at radius 3 is 2.23 bits per heavy atom. The van der Waals surface area contributed by atoms with Crippen molar-refractivity contribution in [1.82, 2.24) is 4.67 Å². The van der Waals surface area contributed by atoms with Gasteiger partial charge in [-0.25, -0.2) is 9.24 Å². The lowest BCUT2D eigenvalue weighted by molar-refractivity contribution is 0.203. The summed E-state index contributed by atoms with van der Waals surface area (Å²) in [5.41, 5.74) is 0. The molecule has 0 aliphatic rings. The van der Waals surface area contributed by atoms with E-state index in [1.165, 1.54) is 4.67 Å². The predicted octanol–water partition coefficient (Wildman–Crippen LogP) is 2.25. The second-order valence-electron chi connectivity index (χ2n) is 2.82. The summed E-state index contributed by atoms with van der Waals surface area (Å²) >= 11 is 0. The van der Waals surface area contributed by atoms with Crippen molar-refractivity contribution in [3.63, 3.8) is 0 Å². The lowest BCUT2D eigenvalue weighted by Gasteiger charge is -2.23. The second kappa shape index (κ2) is 6.55. The Hall–Kier alpha value is 0.110.